The molecule has 2 aromatic heterocycles. The predicted octanol–water partition coefficient (Wildman–Crippen LogP) is 2.52. The molecule has 7 heteroatoms. The summed E-state index contributed by atoms with van der Waals surface area (Å²) >= 11 is 0. The van der Waals surface area contributed by atoms with Gasteiger partial charge in [-0.2, -0.15) is 0 Å². The molecule has 2 aromatic rings. The molecule has 0 aliphatic heterocycles. The van der Waals surface area contributed by atoms with Gasteiger partial charge in [-0.15, -0.1) is 10.2 Å². The van der Waals surface area contributed by atoms with Crippen LogP contribution in [0.4, 0.5) is 0 Å². The predicted molar refractivity (Wildman–Crippen MR) is 106 cm³/mol. The fourth-order valence-corrected chi connectivity index (χ4v) is 4.72. The van der Waals surface area contributed by atoms with Crippen molar-refractivity contribution < 1.29 is 4.74 Å². The number of guanidine groups is 1. The minimum atomic E-state index is 0.285. The maximum Gasteiger partial charge on any atom is 0.191 e. The molecule has 146 valence electrons. The highest BCUT2D eigenvalue weighted by Crippen LogP contribution is 2.54. The van der Waals surface area contributed by atoms with E-state index in [2.05, 4.69) is 34.7 Å². The first-order valence-electron chi connectivity index (χ1n) is 10.2. The van der Waals surface area contributed by atoms with Crippen LogP contribution in [0.2, 0.25) is 0 Å². The average Bonchev–Trinajstić information content (AvgIpc) is 3.34. The second kappa shape index (κ2) is 7.84. The van der Waals surface area contributed by atoms with Crippen LogP contribution in [0.15, 0.2) is 29.4 Å². The molecular weight excluding hydrogens is 340 g/mol. The van der Waals surface area contributed by atoms with Gasteiger partial charge in [0.2, 0.25) is 0 Å². The van der Waals surface area contributed by atoms with Crippen LogP contribution in [0.25, 0.3) is 5.65 Å². The molecule has 2 N–H and O–H groups in total. The van der Waals surface area contributed by atoms with E-state index in [0.717, 1.165) is 37.0 Å². The normalized spacial score (nSPS) is 24.3. The molecule has 2 aliphatic rings. The number of nitrogens with zero attached hydrogens (tertiary/aromatic N) is 4. The Labute approximate surface area is 160 Å². The van der Waals surface area contributed by atoms with Gasteiger partial charge in [0.1, 0.15) is 6.54 Å². The number of aliphatic imine (C=N–C) groups is 1. The Morgan fingerprint density at radius 1 is 1.30 bits per heavy atom. The number of rotatable bonds is 6. The Balaban J connectivity index is 1.47. The Morgan fingerprint density at radius 3 is 2.93 bits per heavy atom. The average molecular weight is 371 g/mol. The van der Waals surface area contributed by atoms with Crippen LogP contribution < -0.4 is 10.6 Å². The van der Waals surface area contributed by atoms with Gasteiger partial charge in [-0.05, 0) is 45.2 Å². The minimum absolute atomic E-state index is 0.285. The van der Waals surface area contributed by atoms with E-state index in [1.54, 1.807) is 0 Å². The Bertz CT molecular complexity index is 795. The summed E-state index contributed by atoms with van der Waals surface area (Å²) in [7, 11) is 0. The van der Waals surface area contributed by atoms with E-state index in [4.69, 9.17) is 9.73 Å². The zero-order chi connectivity index (χ0) is 18.7. The van der Waals surface area contributed by atoms with Gasteiger partial charge < -0.3 is 15.4 Å². The van der Waals surface area contributed by atoms with Crippen molar-refractivity contribution in [2.24, 2.45) is 10.4 Å². The van der Waals surface area contributed by atoms with Crippen molar-refractivity contribution in [2.75, 3.05) is 13.2 Å². The second-order valence-electron chi connectivity index (χ2n) is 7.56. The van der Waals surface area contributed by atoms with E-state index in [0.29, 0.717) is 18.7 Å². The Morgan fingerprint density at radius 2 is 2.15 bits per heavy atom. The molecule has 0 bridgehead atoms. The summed E-state index contributed by atoms with van der Waals surface area (Å²) < 4.78 is 8.02. The summed E-state index contributed by atoms with van der Waals surface area (Å²) in [5.41, 5.74) is 1.14. The fourth-order valence-electron chi connectivity index (χ4n) is 4.72. The molecule has 27 heavy (non-hydrogen) atoms. The lowest BCUT2D eigenvalue weighted by Gasteiger charge is -2.54. The lowest BCUT2D eigenvalue weighted by Crippen LogP contribution is -2.65. The molecule has 0 saturated heterocycles. The van der Waals surface area contributed by atoms with Crippen LogP contribution in [0.1, 0.15) is 51.8 Å². The van der Waals surface area contributed by atoms with Crippen LogP contribution in [-0.4, -0.2) is 45.9 Å². The van der Waals surface area contributed by atoms with Gasteiger partial charge in [-0.25, -0.2) is 4.99 Å². The first-order valence-corrected chi connectivity index (χ1v) is 10.2. The molecule has 0 amide bonds. The van der Waals surface area contributed by atoms with Crippen LogP contribution in [0.3, 0.4) is 0 Å². The molecule has 0 radical (unpaired) electrons. The summed E-state index contributed by atoms with van der Waals surface area (Å²) in [5, 5.41) is 15.6. The molecular formula is C20H30N6O. The topological polar surface area (TPSA) is 75.8 Å². The molecule has 1 spiro atoms. The van der Waals surface area contributed by atoms with E-state index >= 15 is 0 Å². The Kier molecular flexibility index (Phi) is 5.29. The van der Waals surface area contributed by atoms with Crippen molar-refractivity contribution in [3.05, 3.63) is 30.2 Å². The molecule has 2 unspecified atom stereocenters. The van der Waals surface area contributed by atoms with Gasteiger partial charge >= 0.3 is 0 Å². The number of hydrogen-bond donors (Lipinski definition) is 2. The minimum Gasteiger partial charge on any atom is -0.378 e. The largest absolute Gasteiger partial charge is 0.378 e. The lowest BCUT2D eigenvalue weighted by atomic mass is 9.60. The zero-order valence-electron chi connectivity index (χ0n) is 16.3. The van der Waals surface area contributed by atoms with Crippen LogP contribution in [0, 0.1) is 5.41 Å². The molecule has 7 nitrogen and oxygen atoms in total. The van der Waals surface area contributed by atoms with Crippen molar-refractivity contribution in [1.82, 2.24) is 25.2 Å². The van der Waals surface area contributed by atoms with Crippen molar-refractivity contribution in [1.29, 1.82) is 0 Å². The monoisotopic (exact) mass is 370 g/mol. The smallest absolute Gasteiger partial charge is 0.191 e. The van der Waals surface area contributed by atoms with Gasteiger partial charge in [-0.1, -0.05) is 18.9 Å². The first kappa shape index (κ1) is 18.2. The van der Waals surface area contributed by atoms with Crippen LogP contribution in [-0.2, 0) is 11.3 Å². The molecule has 2 saturated carbocycles. The molecule has 0 aromatic carbocycles. The van der Waals surface area contributed by atoms with Crippen LogP contribution >= 0.6 is 0 Å². The third-order valence-corrected chi connectivity index (χ3v) is 6.11. The van der Waals surface area contributed by atoms with Crippen molar-refractivity contribution in [3.63, 3.8) is 0 Å². The molecule has 2 fully saturated rings. The van der Waals surface area contributed by atoms with Crippen molar-refractivity contribution in [3.8, 4) is 0 Å². The van der Waals surface area contributed by atoms with Gasteiger partial charge in [-0.3, -0.25) is 4.40 Å². The number of nitrogens with one attached hydrogen (secondary N) is 2. The summed E-state index contributed by atoms with van der Waals surface area (Å²) in [6.45, 7) is 6.32. The molecule has 4 rings (SSSR count). The lowest BCUT2D eigenvalue weighted by molar-refractivity contribution is -0.125. The molecule has 2 aliphatic carbocycles. The maximum absolute atomic E-state index is 6.03. The van der Waals surface area contributed by atoms with E-state index in [1.165, 1.54) is 25.7 Å². The van der Waals surface area contributed by atoms with Gasteiger partial charge in [0.05, 0.1) is 6.10 Å². The number of pyridine rings is 1. The standard InChI is InChI=1S/C20H30N6O/c1-3-21-19(22-14-18-25-24-17-9-5-8-12-26(17)18)23-15-13-16(27-4-2)20(15)10-6-7-11-20/h5,8-9,12,15-16H,3-4,6-7,10-11,13-14H2,1-2H3,(H2,21,22,23). The van der Waals surface area contributed by atoms with Crippen molar-refractivity contribution in [2.45, 2.75) is 64.6 Å². The number of ether oxygens (including phenoxy) is 1. The summed E-state index contributed by atoms with van der Waals surface area (Å²) in [6.07, 6.45) is 8.56. The third kappa shape index (κ3) is 3.40. The SMILES string of the molecule is CCNC(=NCc1nnc2ccccn12)NC1CC(OCC)C12CCCC2. The van der Waals surface area contributed by atoms with Crippen molar-refractivity contribution >= 4 is 11.6 Å². The maximum atomic E-state index is 6.03. The fraction of sp³-hybridized carbons (Fsp3) is 0.650. The first-order chi connectivity index (χ1) is 13.3. The van der Waals surface area contributed by atoms with Crippen LogP contribution in [0.5, 0.6) is 0 Å². The third-order valence-electron chi connectivity index (χ3n) is 6.11. The summed E-state index contributed by atoms with van der Waals surface area (Å²) in [6, 6.07) is 6.34. The number of hydrogen-bond acceptors (Lipinski definition) is 4. The van der Waals surface area contributed by atoms with E-state index in [1.807, 2.05) is 28.8 Å². The highest BCUT2D eigenvalue weighted by Gasteiger charge is 2.56. The van der Waals surface area contributed by atoms with Gasteiger partial charge in [0.15, 0.2) is 17.4 Å². The Hall–Kier alpha value is -2.15. The highest BCUT2D eigenvalue weighted by molar-refractivity contribution is 5.80. The number of fused-ring (bicyclic) bond motifs is 1. The second-order valence-corrected chi connectivity index (χ2v) is 7.56. The van der Waals surface area contributed by atoms with Gasteiger partial charge in [0.25, 0.3) is 0 Å². The van der Waals surface area contributed by atoms with E-state index < -0.39 is 0 Å². The van der Waals surface area contributed by atoms with Gasteiger partial charge in [0, 0.05) is 30.8 Å². The summed E-state index contributed by atoms with van der Waals surface area (Å²) in [4.78, 5) is 4.78. The quantitative estimate of drug-likeness (QED) is 0.604. The molecule has 2 heterocycles. The number of aromatic nitrogens is 3. The molecule has 2 atom stereocenters. The zero-order valence-corrected chi connectivity index (χ0v) is 16.3. The van der Waals surface area contributed by atoms with E-state index in [9.17, 15) is 0 Å². The summed E-state index contributed by atoms with van der Waals surface area (Å²) in [5.74, 6) is 1.70. The highest BCUT2D eigenvalue weighted by atomic mass is 16.5. The van der Waals surface area contributed by atoms with E-state index in [-0.39, 0.29) is 5.41 Å².